The second-order valence-corrected chi connectivity index (χ2v) is 5.76. The maximum atomic E-state index is 12.0. The highest BCUT2D eigenvalue weighted by Gasteiger charge is 2.27. The molecule has 1 N–H and O–H groups in total. The van der Waals surface area contributed by atoms with E-state index in [4.69, 9.17) is 4.74 Å². The molecule has 5 heteroatoms. The first-order chi connectivity index (χ1) is 8.83. The third-order valence-electron chi connectivity index (χ3n) is 2.92. The van der Waals surface area contributed by atoms with Crippen LogP contribution in [0.2, 0.25) is 0 Å². The Hall–Kier alpha value is -1.52. The summed E-state index contributed by atoms with van der Waals surface area (Å²) in [5.41, 5.74) is -0.549. The summed E-state index contributed by atoms with van der Waals surface area (Å²) in [4.78, 5) is 25.3. The largest absolute Gasteiger partial charge is 0.444 e. The van der Waals surface area contributed by atoms with E-state index in [-0.39, 0.29) is 18.5 Å². The van der Waals surface area contributed by atoms with E-state index >= 15 is 0 Å². The van der Waals surface area contributed by atoms with Crippen molar-refractivity contribution in [2.45, 2.75) is 51.7 Å². The first-order valence-electron chi connectivity index (χ1n) is 6.70. The van der Waals surface area contributed by atoms with Gasteiger partial charge in [-0.05, 0) is 40.0 Å². The lowest BCUT2D eigenvalue weighted by atomic mass is 10.1. The number of alkyl carbamates (subject to hydrolysis) is 1. The molecule has 0 radical (unpaired) electrons. The summed E-state index contributed by atoms with van der Waals surface area (Å²) in [7, 11) is 0. The van der Waals surface area contributed by atoms with E-state index in [2.05, 4.69) is 11.9 Å². The van der Waals surface area contributed by atoms with Crippen LogP contribution in [0.5, 0.6) is 0 Å². The Morgan fingerprint density at radius 1 is 1.47 bits per heavy atom. The fourth-order valence-electron chi connectivity index (χ4n) is 2.16. The van der Waals surface area contributed by atoms with Crippen LogP contribution < -0.4 is 5.32 Å². The number of nitrogens with zero attached hydrogens (tertiary/aromatic N) is 1. The number of hydrogen-bond donors (Lipinski definition) is 1. The Morgan fingerprint density at radius 2 is 2.16 bits per heavy atom. The van der Waals surface area contributed by atoms with E-state index in [0.29, 0.717) is 0 Å². The average molecular weight is 268 g/mol. The third kappa shape index (κ3) is 5.32. The monoisotopic (exact) mass is 268 g/mol. The molecule has 1 heterocycles. The molecular formula is C14H24N2O3. The quantitative estimate of drug-likeness (QED) is 0.794. The van der Waals surface area contributed by atoms with Crippen molar-refractivity contribution < 1.29 is 14.3 Å². The lowest BCUT2D eigenvalue weighted by Crippen LogP contribution is -2.43. The molecule has 2 amide bonds. The van der Waals surface area contributed by atoms with Gasteiger partial charge in [0, 0.05) is 12.6 Å². The van der Waals surface area contributed by atoms with Gasteiger partial charge in [-0.1, -0.05) is 6.08 Å². The van der Waals surface area contributed by atoms with Crippen LogP contribution >= 0.6 is 0 Å². The van der Waals surface area contributed by atoms with Crippen molar-refractivity contribution in [3.8, 4) is 0 Å². The summed E-state index contributed by atoms with van der Waals surface area (Å²) < 4.78 is 5.09. The van der Waals surface area contributed by atoms with Gasteiger partial charge in [0.1, 0.15) is 12.1 Å². The summed E-state index contributed by atoms with van der Waals surface area (Å²) in [6.45, 7) is 9.81. The van der Waals surface area contributed by atoms with Crippen molar-refractivity contribution in [3.05, 3.63) is 12.7 Å². The predicted molar refractivity (Wildman–Crippen MR) is 73.8 cm³/mol. The van der Waals surface area contributed by atoms with Gasteiger partial charge in [-0.3, -0.25) is 4.79 Å². The van der Waals surface area contributed by atoms with Crippen LogP contribution in [0.3, 0.4) is 0 Å². The normalized spacial score (nSPS) is 19.1. The SMILES string of the molecule is C=CC[C@@H]1CCCN1C(=O)CNC(=O)OC(C)(C)C. The summed E-state index contributed by atoms with van der Waals surface area (Å²) in [5.74, 6) is -0.0600. The average Bonchev–Trinajstić information content (AvgIpc) is 2.72. The lowest BCUT2D eigenvalue weighted by molar-refractivity contribution is -0.131. The summed E-state index contributed by atoms with van der Waals surface area (Å²) >= 11 is 0. The van der Waals surface area contributed by atoms with Crippen LogP contribution in [0.25, 0.3) is 0 Å². The third-order valence-corrected chi connectivity index (χ3v) is 2.92. The molecule has 1 aliphatic rings. The van der Waals surface area contributed by atoms with Gasteiger partial charge in [0.05, 0.1) is 0 Å². The number of ether oxygens (including phenoxy) is 1. The predicted octanol–water partition coefficient (Wildman–Crippen LogP) is 2.08. The van der Waals surface area contributed by atoms with E-state index in [9.17, 15) is 9.59 Å². The molecule has 1 saturated heterocycles. The lowest BCUT2D eigenvalue weighted by Gasteiger charge is -2.24. The van der Waals surface area contributed by atoms with Gasteiger partial charge in [-0.2, -0.15) is 0 Å². The smallest absolute Gasteiger partial charge is 0.408 e. The van der Waals surface area contributed by atoms with Crippen LogP contribution in [0, 0.1) is 0 Å². The number of nitrogens with one attached hydrogen (secondary N) is 1. The Kier molecular flexibility index (Phi) is 5.39. The fourth-order valence-corrected chi connectivity index (χ4v) is 2.16. The summed E-state index contributed by atoms with van der Waals surface area (Å²) in [5, 5.41) is 2.50. The number of carbonyl (C=O) groups excluding carboxylic acids is 2. The van der Waals surface area contributed by atoms with Crippen molar-refractivity contribution in [2.75, 3.05) is 13.1 Å². The van der Waals surface area contributed by atoms with Crippen LogP contribution in [0.15, 0.2) is 12.7 Å². The highest BCUT2D eigenvalue weighted by molar-refractivity contribution is 5.82. The minimum absolute atomic E-state index is 0.0114. The molecular weight excluding hydrogens is 244 g/mol. The molecule has 0 aliphatic carbocycles. The van der Waals surface area contributed by atoms with E-state index in [1.165, 1.54) is 0 Å². The highest BCUT2D eigenvalue weighted by Crippen LogP contribution is 2.20. The van der Waals surface area contributed by atoms with Crippen molar-refractivity contribution in [1.29, 1.82) is 0 Å². The van der Waals surface area contributed by atoms with Crippen molar-refractivity contribution in [1.82, 2.24) is 10.2 Å². The Labute approximate surface area is 115 Å². The van der Waals surface area contributed by atoms with E-state index < -0.39 is 11.7 Å². The Bertz CT molecular complexity index is 347. The molecule has 1 atom stereocenters. The molecule has 0 saturated carbocycles. The molecule has 0 aromatic carbocycles. The van der Waals surface area contributed by atoms with Crippen LogP contribution in [-0.4, -0.2) is 41.6 Å². The molecule has 0 bridgehead atoms. The maximum Gasteiger partial charge on any atom is 0.408 e. The Morgan fingerprint density at radius 3 is 2.74 bits per heavy atom. The van der Waals surface area contributed by atoms with Crippen LogP contribution in [0.1, 0.15) is 40.0 Å². The van der Waals surface area contributed by atoms with Gasteiger partial charge in [-0.15, -0.1) is 6.58 Å². The first kappa shape index (κ1) is 15.5. The zero-order valence-electron chi connectivity index (χ0n) is 12.1. The summed E-state index contributed by atoms with van der Waals surface area (Å²) in [6.07, 6.45) is 4.09. The number of likely N-dealkylation sites (tertiary alicyclic amines) is 1. The molecule has 0 aromatic rings. The van der Waals surface area contributed by atoms with E-state index in [1.54, 1.807) is 20.8 Å². The van der Waals surface area contributed by atoms with Gasteiger partial charge >= 0.3 is 6.09 Å². The number of carbonyl (C=O) groups is 2. The molecule has 1 aliphatic heterocycles. The van der Waals surface area contributed by atoms with Gasteiger partial charge in [0.2, 0.25) is 5.91 Å². The van der Waals surface area contributed by atoms with Crippen molar-refractivity contribution in [3.63, 3.8) is 0 Å². The number of amides is 2. The van der Waals surface area contributed by atoms with Gasteiger partial charge in [-0.25, -0.2) is 4.79 Å². The molecule has 1 fully saturated rings. The van der Waals surface area contributed by atoms with Crippen LogP contribution in [0.4, 0.5) is 4.79 Å². The van der Waals surface area contributed by atoms with Gasteiger partial charge in [0.25, 0.3) is 0 Å². The standard InChI is InChI=1S/C14H24N2O3/c1-5-7-11-8-6-9-16(11)12(17)10-15-13(18)19-14(2,3)4/h5,11H,1,6-10H2,2-4H3,(H,15,18)/t11-/m1/s1. The number of hydrogen-bond acceptors (Lipinski definition) is 3. The molecule has 5 nitrogen and oxygen atoms in total. The Balaban J connectivity index is 2.38. The van der Waals surface area contributed by atoms with E-state index in [1.807, 2.05) is 11.0 Å². The second kappa shape index (κ2) is 6.59. The topological polar surface area (TPSA) is 58.6 Å². The minimum atomic E-state index is -0.555. The van der Waals surface area contributed by atoms with Gasteiger partial charge < -0.3 is 15.0 Å². The zero-order chi connectivity index (χ0) is 14.5. The fraction of sp³-hybridized carbons (Fsp3) is 0.714. The maximum absolute atomic E-state index is 12.0. The highest BCUT2D eigenvalue weighted by atomic mass is 16.6. The summed E-state index contributed by atoms with van der Waals surface area (Å²) in [6, 6.07) is 0.227. The molecule has 1 rings (SSSR count). The minimum Gasteiger partial charge on any atom is -0.444 e. The molecule has 19 heavy (non-hydrogen) atoms. The van der Waals surface area contributed by atoms with Gasteiger partial charge in [0.15, 0.2) is 0 Å². The number of rotatable bonds is 4. The van der Waals surface area contributed by atoms with Crippen LogP contribution in [-0.2, 0) is 9.53 Å². The molecule has 0 unspecified atom stereocenters. The van der Waals surface area contributed by atoms with Crippen molar-refractivity contribution >= 4 is 12.0 Å². The second-order valence-electron chi connectivity index (χ2n) is 5.76. The first-order valence-corrected chi connectivity index (χ1v) is 6.70. The van der Waals surface area contributed by atoms with E-state index in [0.717, 1.165) is 25.8 Å². The zero-order valence-corrected chi connectivity index (χ0v) is 12.1. The molecule has 108 valence electrons. The van der Waals surface area contributed by atoms with Crippen molar-refractivity contribution in [2.24, 2.45) is 0 Å². The molecule has 0 aromatic heterocycles. The molecule has 0 spiro atoms.